The maximum atomic E-state index is 5.59. The summed E-state index contributed by atoms with van der Waals surface area (Å²) in [7, 11) is 1.92. The maximum absolute atomic E-state index is 5.59. The molecule has 3 N–H and O–H groups in total. The van der Waals surface area contributed by atoms with Gasteiger partial charge in [0.1, 0.15) is 0 Å². The third-order valence-corrected chi connectivity index (χ3v) is 4.10. The Kier molecular flexibility index (Phi) is 3.75. The first-order valence-electron chi connectivity index (χ1n) is 4.89. The summed E-state index contributed by atoms with van der Waals surface area (Å²) in [5.74, 6) is 5.59. The van der Waals surface area contributed by atoms with Gasteiger partial charge in [-0.3, -0.25) is 16.0 Å². The van der Waals surface area contributed by atoms with Crippen molar-refractivity contribution < 1.29 is 0 Å². The molecule has 0 bridgehead atoms. The fourth-order valence-electron chi connectivity index (χ4n) is 1.64. The summed E-state index contributed by atoms with van der Waals surface area (Å²) in [6.45, 7) is 0. The van der Waals surface area contributed by atoms with E-state index in [9.17, 15) is 0 Å². The van der Waals surface area contributed by atoms with Crippen LogP contribution in [0.25, 0.3) is 0 Å². The zero-order valence-corrected chi connectivity index (χ0v) is 11.3. The molecule has 2 aromatic rings. The minimum absolute atomic E-state index is 0.0954. The maximum Gasteiger partial charge on any atom is 0.0701 e. The summed E-state index contributed by atoms with van der Waals surface area (Å²) in [4.78, 5) is 1.29. The van der Waals surface area contributed by atoms with E-state index < -0.39 is 0 Å². The van der Waals surface area contributed by atoms with Gasteiger partial charge in [0.25, 0.3) is 0 Å². The molecular weight excluding hydrogens is 288 g/mol. The first-order valence-corrected chi connectivity index (χ1v) is 6.50. The number of nitrogens with zero attached hydrogens (tertiary/aromatic N) is 2. The smallest absolute Gasteiger partial charge is 0.0701 e. The molecule has 1 atom stereocenters. The third kappa shape index (κ3) is 2.52. The normalized spacial score (nSPS) is 12.9. The van der Waals surface area contributed by atoms with Crippen molar-refractivity contribution in [3.05, 3.63) is 38.8 Å². The lowest BCUT2D eigenvalue weighted by atomic mass is 10.1. The van der Waals surface area contributed by atoms with Gasteiger partial charge in [-0.25, -0.2) is 0 Å². The highest BCUT2D eigenvalue weighted by molar-refractivity contribution is 9.11. The molecule has 0 fully saturated rings. The Balaban J connectivity index is 2.15. The van der Waals surface area contributed by atoms with Crippen LogP contribution in [0.15, 0.2) is 28.2 Å². The van der Waals surface area contributed by atoms with Crippen LogP contribution in [0.1, 0.15) is 16.6 Å². The monoisotopic (exact) mass is 300 g/mol. The van der Waals surface area contributed by atoms with Gasteiger partial charge in [-0.2, -0.15) is 5.10 Å². The fourth-order valence-corrected chi connectivity index (χ4v) is 3.17. The summed E-state index contributed by atoms with van der Waals surface area (Å²) in [6, 6.07) is 6.23. The first kappa shape index (κ1) is 11.8. The van der Waals surface area contributed by atoms with Gasteiger partial charge in [0.15, 0.2) is 0 Å². The number of halogens is 1. The molecule has 2 heterocycles. The molecule has 0 saturated carbocycles. The Morgan fingerprint density at radius 2 is 2.38 bits per heavy atom. The van der Waals surface area contributed by atoms with E-state index >= 15 is 0 Å². The van der Waals surface area contributed by atoms with Crippen LogP contribution in [-0.4, -0.2) is 9.78 Å². The predicted octanol–water partition coefficient (Wildman–Crippen LogP) is 1.99. The Morgan fingerprint density at radius 1 is 1.56 bits per heavy atom. The van der Waals surface area contributed by atoms with Gasteiger partial charge in [0, 0.05) is 24.5 Å². The van der Waals surface area contributed by atoms with Crippen molar-refractivity contribution in [2.24, 2.45) is 12.9 Å². The predicted molar refractivity (Wildman–Crippen MR) is 69.0 cm³/mol. The lowest BCUT2D eigenvalue weighted by molar-refractivity contribution is 0.511. The van der Waals surface area contributed by atoms with Gasteiger partial charge in [-0.15, -0.1) is 11.3 Å². The van der Waals surface area contributed by atoms with Crippen LogP contribution >= 0.6 is 27.3 Å². The standard InChI is InChI=1S/C10H13BrN4S/c1-15-9(4-5-13-15)8(14-12)6-7-2-3-10(11)16-7/h2-5,8,14H,6,12H2,1H3. The number of hydrogen-bond acceptors (Lipinski definition) is 4. The Morgan fingerprint density at radius 3 is 2.88 bits per heavy atom. The van der Waals surface area contributed by atoms with Crippen LogP contribution in [-0.2, 0) is 13.5 Å². The van der Waals surface area contributed by atoms with E-state index in [-0.39, 0.29) is 6.04 Å². The molecule has 4 nitrogen and oxygen atoms in total. The summed E-state index contributed by atoms with van der Waals surface area (Å²) in [5.41, 5.74) is 3.92. The molecule has 0 aromatic carbocycles. The SMILES string of the molecule is Cn1nccc1C(Cc1ccc(Br)s1)NN. The van der Waals surface area contributed by atoms with Gasteiger partial charge in [-0.05, 0) is 34.1 Å². The minimum atomic E-state index is 0.0954. The highest BCUT2D eigenvalue weighted by Crippen LogP contribution is 2.26. The molecule has 86 valence electrons. The van der Waals surface area contributed by atoms with Gasteiger partial charge in [0.05, 0.1) is 15.5 Å². The molecular formula is C10H13BrN4S. The van der Waals surface area contributed by atoms with Crippen LogP contribution < -0.4 is 11.3 Å². The summed E-state index contributed by atoms with van der Waals surface area (Å²) in [6.07, 6.45) is 2.65. The number of thiophene rings is 1. The van der Waals surface area contributed by atoms with Gasteiger partial charge >= 0.3 is 0 Å². The molecule has 0 spiro atoms. The molecule has 16 heavy (non-hydrogen) atoms. The Hall–Kier alpha value is -0.690. The second kappa shape index (κ2) is 5.09. The van der Waals surface area contributed by atoms with E-state index in [0.29, 0.717) is 0 Å². The minimum Gasteiger partial charge on any atom is -0.271 e. The van der Waals surface area contributed by atoms with Crippen LogP contribution in [0, 0.1) is 0 Å². The number of nitrogens with two attached hydrogens (primary N) is 1. The first-order chi connectivity index (χ1) is 7.70. The topological polar surface area (TPSA) is 55.9 Å². The van der Waals surface area contributed by atoms with E-state index in [1.807, 2.05) is 17.8 Å². The Labute approximate surface area is 107 Å². The molecule has 0 radical (unpaired) electrons. The van der Waals surface area contributed by atoms with Gasteiger partial charge in [0.2, 0.25) is 0 Å². The molecule has 2 rings (SSSR count). The van der Waals surface area contributed by atoms with Crippen LogP contribution in [0.2, 0.25) is 0 Å². The number of aryl methyl sites for hydroxylation is 1. The van der Waals surface area contributed by atoms with Crippen LogP contribution in [0.4, 0.5) is 0 Å². The lowest BCUT2D eigenvalue weighted by Crippen LogP contribution is -2.30. The zero-order valence-electron chi connectivity index (χ0n) is 8.85. The quantitative estimate of drug-likeness (QED) is 0.671. The second-order valence-corrected chi connectivity index (χ2v) is 6.06. The van der Waals surface area contributed by atoms with E-state index in [0.717, 1.165) is 15.9 Å². The molecule has 0 aliphatic rings. The highest BCUT2D eigenvalue weighted by atomic mass is 79.9. The lowest BCUT2D eigenvalue weighted by Gasteiger charge is -2.15. The van der Waals surface area contributed by atoms with Gasteiger partial charge in [-0.1, -0.05) is 0 Å². The Bertz CT molecular complexity index is 465. The van der Waals surface area contributed by atoms with Crippen molar-refractivity contribution in [1.29, 1.82) is 0 Å². The molecule has 2 aromatic heterocycles. The summed E-state index contributed by atoms with van der Waals surface area (Å²) < 4.78 is 2.98. The molecule has 0 aliphatic heterocycles. The van der Waals surface area contributed by atoms with Crippen molar-refractivity contribution in [3.8, 4) is 0 Å². The molecule has 0 amide bonds. The van der Waals surface area contributed by atoms with Gasteiger partial charge < -0.3 is 0 Å². The molecule has 0 saturated heterocycles. The largest absolute Gasteiger partial charge is 0.271 e. The number of hydrogen-bond donors (Lipinski definition) is 2. The van der Waals surface area contributed by atoms with Crippen molar-refractivity contribution in [1.82, 2.24) is 15.2 Å². The fraction of sp³-hybridized carbons (Fsp3) is 0.300. The van der Waals surface area contributed by atoms with Crippen molar-refractivity contribution in [3.63, 3.8) is 0 Å². The summed E-state index contributed by atoms with van der Waals surface area (Å²) >= 11 is 5.18. The van der Waals surface area contributed by atoms with Crippen molar-refractivity contribution in [2.45, 2.75) is 12.5 Å². The van der Waals surface area contributed by atoms with E-state index in [4.69, 9.17) is 5.84 Å². The number of hydrazine groups is 1. The third-order valence-electron chi connectivity index (χ3n) is 2.45. The number of aromatic nitrogens is 2. The average molecular weight is 301 g/mol. The van der Waals surface area contributed by atoms with E-state index in [1.165, 1.54) is 4.88 Å². The average Bonchev–Trinajstić information content (AvgIpc) is 2.84. The molecule has 0 aliphatic carbocycles. The van der Waals surface area contributed by atoms with Crippen LogP contribution in [0.5, 0.6) is 0 Å². The van der Waals surface area contributed by atoms with Crippen molar-refractivity contribution in [2.75, 3.05) is 0 Å². The zero-order chi connectivity index (χ0) is 11.5. The molecule has 1 unspecified atom stereocenters. The van der Waals surface area contributed by atoms with E-state index in [2.05, 4.69) is 38.6 Å². The number of rotatable bonds is 4. The molecule has 6 heteroatoms. The van der Waals surface area contributed by atoms with E-state index in [1.54, 1.807) is 17.5 Å². The summed E-state index contributed by atoms with van der Waals surface area (Å²) in [5, 5.41) is 4.15. The van der Waals surface area contributed by atoms with Crippen LogP contribution in [0.3, 0.4) is 0 Å². The highest BCUT2D eigenvalue weighted by Gasteiger charge is 2.14. The second-order valence-electron chi connectivity index (χ2n) is 3.51. The number of nitrogens with one attached hydrogen (secondary N) is 1. The van der Waals surface area contributed by atoms with Crippen molar-refractivity contribution >= 4 is 27.3 Å².